The lowest BCUT2D eigenvalue weighted by Gasteiger charge is -2.36. The highest BCUT2D eigenvalue weighted by atomic mass is 16.5. The van der Waals surface area contributed by atoms with Gasteiger partial charge in [-0.25, -0.2) is 0 Å². The number of nitrogens with one attached hydrogen (secondary N) is 1. The second kappa shape index (κ2) is 11.6. The number of nitriles is 1. The summed E-state index contributed by atoms with van der Waals surface area (Å²) in [6.45, 7) is 4.61. The third-order valence-corrected chi connectivity index (χ3v) is 6.88. The number of benzene rings is 4. The van der Waals surface area contributed by atoms with E-state index >= 15 is 0 Å². The lowest BCUT2D eigenvalue weighted by Crippen LogP contribution is -2.45. The summed E-state index contributed by atoms with van der Waals surface area (Å²) in [7, 11) is 1.62. The number of methoxy groups -OCH3 is 1. The number of nitrogens with zero attached hydrogens (tertiary/aromatic N) is 3. The average Bonchev–Trinajstić information content (AvgIpc) is 2.98. The maximum absolute atomic E-state index is 13.2. The Morgan fingerprint density at radius 3 is 2.37 bits per heavy atom. The van der Waals surface area contributed by atoms with E-state index in [4.69, 9.17) is 10.00 Å². The fraction of sp³-hybridized carbons (Fsp3) is 0.188. The molecule has 6 nitrogen and oxygen atoms in total. The molecule has 6 heteroatoms. The number of carbonyl (C=O) groups is 1. The number of hydrogen-bond acceptors (Lipinski definition) is 5. The summed E-state index contributed by atoms with van der Waals surface area (Å²) in [6, 6.07) is 33.5. The standard InChI is InChI=1S/C32H30N4O2/c1-38-29-14-15-30(31(21-29)26-8-3-2-4-9-26)32(37)34-27-10-12-28(13-11-27)36-18-16-35(17-19-36)23-25-7-5-6-24(20-25)22-33/h2-15,20-21H,16-19,23H2,1H3,(H,34,37). The molecule has 1 aliphatic rings. The Labute approximate surface area is 223 Å². The first-order valence-corrected chi connectivity index (χ1v) is 12.7. The molecule has 0 aliphatic carbocycles. The van der Waals surface area contributed by atoms with Crippen LogP contribution in [-0.2, 0) is 6.54 Å². The van der Waals surface area contributed by atoms with E-state index in [0.717, 1.165) is 55.2 Å². The van der Waals surface area contributed by atoms with Crippen LogP contribution in [0.25, 0.3) is 11.1 Å². The molecule has 0 aromatic heterocycles. The van der Waals surface area contributed by atoms with Crippen molar-refractivity contribution in [3.05, 3.63) is 114 Å². The molecule has 1 N–H and O–H groups in total. The van der Waals surface area contributed by atoms with Gasteiger partial charge in [-0.15, -0.1) is 0 Å². The predicted octanol–water partition coefficient (Wildman–Crippen LogP) is 5.81. The van der Waals surface area contributed by atoms with Crippen molar-refractivity contribution in [1.82, 2.24) is 4.90 Å². The largest absolute Gasteiger partial charge is 0.497 e. The molecule has 4 aromatic carbocycles. The van der Waals surface area contributed by atoms with Crippen molar-refractivity contribution in [1.29, 1.82) is 5.26 Å². The molecule has 1 heterocycles. The van der Waals surface area contributed by atoms with Crippen LogP contribution in [0.4, 0.5) is 11.4 Å². The minimum atomic E-state index is -0.159. The molecule has 0 radical (unpaired) electrons. The SMILES string of the molecule is COc1ccc(C(=O)Nc2ccc(N3CCN(Cc4cccc(C#N)c4)CC3)cc2)c(-c2ccccc2)c1. The Balaban J connectivity index is 1.21. The number of amides is 1. The maximum Gasteiger partial charge on any atom is 0.256 e. The van der Waals surface area contributed by atoms with E-state index in [1.54, 1.807) is 13.2 Å². The number of piperazine rings is 1. The molecule has 190 valence electrons. The van der Waals surface area contributed by atoms with E-state index in [1.165, 1.54) is 5.56 Å². The van der Waals surface area contributed by atoms with Gasteiger partial charge in [0.15, 0.2) is 0 Å². The van der Waals surface area contributed by atoms with Gasteiger partial charge in [-0.3, -0.25) is 9.69 Å². The van der Waals surface area contributed by atoms with Crippen LogP contribution >= 0.6 is 0 Å². The van der Waals surface area contributed by atoms with E-state index < -0.39 is 0 Å². The van der Waals surface area contributed by atoms with Crippen LogP contribution in [0.2, 0.25) is 0 Å². The fourth-order valence-electron chi connectivity index (χ4n) is 4.82. The second-order valence-electron chi connectivity index (χ2n) is 9.35. The first kappa shape index (κ1) is 25.1. The molecule has 0 saturated carbocycles. The third-order valence-electron chi connectivity index (χ3n) is 6.88. The Kier molecular flexibility index (Phi) is 7.67. The van der Waals surface area contributed by atoms with Gasteiger partial charge in [0.05, 0.1) is 18.7 Å². The van der Waals surface area contributed by atoms with Crippen LogP contribution in [0.5, 0.6) is 5.75 Å². The smallest absolute Gasteiger partial charge is 0.256 e. The lowest BCUT2D eigenvalue weighted by atomic mass is 9.98. The van der Waals surface area contributed by atoms with Crippen molar-refractivity contribution in [2.45, 2.75) is 6.54 Å². The average molecular weight is 503 g/mol. The molecule has 38 heavy (non-hydrogen) atoms. The van der Waals surface area contributed by atoms with Crippen LogP contribution < -0.4 is 15.0 Å². The molecule has 4 aromatic rings. The number of carbonyl (C=O) groups excluding carboxylic acids is 1. The zero-order chi connectivity index (χ0) is 26.3. The van der Waals surface area contributed by atoms with Gasteiger partial charge in [0, 0.05) is 49.7 Å². The third kappa shape index (κ3) is 5.86. The van der Waals surface area contributed by atoms with Gasteiger partial charge in [-0.2, -0.15) is 5.26 Å². The second-order valence-corrected chi connectivity index (χ2v) is 9.35. The van der Waals surface area contributed by atoms with Crippen molar-refractivity contribution >= 4 is 17.3 Å². The molecule has 0 spiro atoms. The zero-order valence-corrected chi connectivity index (χ0v) is 21.4. The van der Waals surface area contributed by atoms with Crippen LogP contribution in [0.1, 0.15) is 21.5 Å². The molecule has 0 unspecified atom stereocenters. The normalized spacial score (nSPS) is 13.5. The number of rotatable bonds is 7. The van der Waals surface area contributed by atoms with Gasteiger partial charge in [0.25, 0.3) is 5.91 Å². The van der Waals surface area contributed by atoms with Crippen LogP contribution in [0.15, 0.2) is 97.1 Å². The highest BCUT2D eigenvalue weighted by Crippen LogP contribution is 2.29. The van der Waals surface area contributed by atoms with Gasteiger partial charge in [0.2, 0.25) is 0 Å². The predicted molar refractivity (Wildman–Crippen MR) is 151 cm³/mol. The summed E-state index contributed by atoms with van der Waals surface area (Å²) in [5.74, 6) is 0.550. The van der Waals surface area contributed by atoms with Gasteiger partial charge in [-0.05, 0) is 71.3 Å². The Hall–Kier alpha value is -4.60. The van der Waals surface area contributed by atoms with Gasteiger partial charge in [0.1, 0.15) is 5.75 Å². The first-order valence-electron chi connectivity index (χ1n) is 12.7. The van der Waals surface area contributed by atoms with E-state index in [0.29, 0.717) is 16.9 Å². The molecular formula is C32H30N4O2. The molecule has 0 bridgehead atoms. The van der Waals surface area contributed by atoms with Crippen molar-refractivity contribution < 1.29 is 9.53 Å². The molecule has 1 amide bonds. The molecule has 1 aliphatic heterocycles. The molecule has 0 atom stereocenters. The number of anilines is 2. The minimum absolute atomic E-state index is 0.159. The van der Waals surface area contributed by atoms with E-state index in [2.05, 4.69) is 39.4 Å². The maximum atomic E-state index is 13.2. The van der Waals surface area contributed by atoms with Gasteiger partial charge >= 0.3 is 0 Å². The number of ether oxygens (including phenoxy) is 1. The fourth-order valence-corrected chi connectivity index (χ4v) is 4.82. The summed E-state index contributed by atoms with van der Waals surface area (Å²) in [5.41, 5.74) is 6.16. The molecule has 1 saturated heterocycles. The van der Waals surface area contributed by atoms with Crippen molar-refractivity contribution in [2.75, 3.05) is 43.5 Å². The summed E-state index contributed by atoms with van der Waals surface area (Å²) in [6.07, 6.45) is 0. The van der Waals surface area contributed by atoms with E-state index in [-0.39, 0.29) is 5.91 Å². The highest BCUT2D eigenvalue weighted by molar-refractivity contribution is 6.09. The minimum Gasteiger partial charge on any atom is -0.497 e. The van der Waals surface area contributed by atoms with Crippen molar-refractivity contribution in [3.63, 3.8) is 0 Å². The Morgan fingerprint density at radius 2 is 1.66 bits per heavy atom. The number of hydrogen-bond donors (Lipinski definition) is 1. The van der Waals surface area contributed by atoms with Crippen molar-refractivity contribution in [2.24, 2.45) is 0 Å². The topological polar surface area (TPSA) is 68.6 Å². The van der Waals surface area contributed by atoms with E-state index in [9.17, 15) is 4.79 Å². The summed E-state index contributed by atoms with van der Waals surface area (Å²) >= 11 is 0. The molecule has 5 rings (SSSR count). The molecule has 1 fully saturated rings. The zero-order valence-electron chi connectivity index (χ0n) is 21.4. The Bertz CT molecular complexity index is 1440. The summed E-state index contributed by atoms with van der Waals surface area (Å²) in [5, 5.41) is 12.2. The summed E-state index contributed by atoms with van der Waals surface area (Å²) in [4.78, 5) is 18.0. The van der Waals surface area contributed by atoms with Gasteiger partial charge in [-0.1, -0.05) is 42.5 Å². The monoisotopic (exact) mass is 502 g/mol. The highest BCUT2D eigenvalue weighted by Gasteiger charge is 2.18. The quantitative estimate of drug-likeness (QED) is 0.346. The first-order chi connectivity index (χ1) is 18.6. The van der Waals surface area contributed by atoms with Crippen LogP contribution in [0.3, 0.4) is 0 Å². The van der Waals surface area contributed by atoms with Crippen molar-refractivity contribution in [3.8, 4) is 22.9 Å². The Morgan fingerprint density at radius 1 is 0.895 bits per heavy atom. The van der Waals surface area contributed by atoms with E-state index in [1.807, 2.05) is 72.8 Å². The van der Waals surface area contributed by atoms with Gasteiger partial charge < -0.3 is 15.0 Å². The summed E-state index contributed by atoms with van der Waals surface area (Å²) < 4.78 is 5.39. The van der Waals surface area contributed by atoms with Crippen LogP contribution in [0, 0.1) is 11.3 Å². The van der Waals surface area contributed by atoms with Crippen LogP contribution in [-0.4, -0.2) is 44.1 Å². The molecular weight excluding hydrogens is 472 g/mol. The lowest BCUT2D eigenvalue weighted by molar-refractivity contribution is 0.102.